The van der Waals surface area contributed by atoms with Crippen LogP contribution in [0.1, 0.15) is 21.6 Å². The molecule has 0 aliphatic rings. The average Bonchev–Trinajstić information content (AvgIpc) is 2.70. The van der Waals surface area contributed by atoms with Crippen LogP contribution in [0, 0.1) is 24.0 Å². The van der Waals surface area contributed by atoms with Crippen molar-refractivity contribution in [2.75, 3.05) is 5.32 Å². The highest BCUT2D eigenvalue weighted by Gasteiger charge is 2.15. The van der Waals surface area contributed by atoms with Crippen LogP contribution in [0.3, 0.4) is 0 Å². The van der Waals surface area contributed by atoms with Crippen LogP contribution in [0.2, 0.25) is 0 Å². The zero-order valence-corrected chi connectivity index (χ0v) is 11.4. The predicted molar refractivity (Wildman–Crippen MR) is 73.7 cm³/mol. The second-order valence-electron chi connectivity index (χ2n) is 4.48. The van der Waals surface area contributed by atoms with Crippen molar-refractivity contribution in [3.8, 4) is 0 Å². The molecule has 0 saturated carbocycles. The minimum absolute atomic E-state index is 0.000826. The summed E-state index contributed by atoms with van der Waals surface area (Å²) in [5.74, 6) is -0.320. The number of hydrogen-bond acceptors (Lipinski definition) is 4. The van der Waals surface area contributed by atoms with Crippen LogP contribution in [0.5, 0.6) is 0 Å². The van der Waals surface area contributed by atoms with E-state index in [-0.39, 0.29) is 11.6 Å². The van der Waals surface area contributed by atoms with Gasteiger partial charge in [0.15, 0.2) is 0 Å². The first-order valence-corrected chi connectivity index (χ1v) is 5.95. The number of amides is 1. The van der Waals surface area contributed by atoms with E-state index in [2.05, 4.69) is 10.4 Å². The van der Waals surface area contributed by atoms with Crippen molar-refractivity contribution in [1.29, 1.82) is 0 Å². The smallest absolute Gasteiger partial charge is 0.272 e. The Bertz CT molecular complexity index is 691. The van der Waals surface area contributed by atoms with Crippen molar-refractivity contribution < 1.29 is 9.72 Å². The number of nitrogens with one attached hydrogen (secondary N) is 1. The van der Waals surface area contributed by atoms with Gasteiger partial charge in [0, 0.05) is 24.2 Å². The van der Waals surface area contributed by atoms with Crippen LogP contribution in [-0.2, 0) is 7.05 Å². The van der Waals surface area contributed by atoms with Gasteiger partial charge >= 0.3 is 0 Å². The van der Waals surface area contributed by atoms with Gasteiger partial charge in [0.05, 0.1) is 22.5 Å². The maximum absolute atomic E-state index is 12.1. The molecule has 20 heavy (non-hydrogen) atoms. The second kappa shape index (κ2) is 5.12. The van der Waals surface area contributed by atoms with E-state index in [1.165, 1.54) is 18.2 Å². The fraction of sp³-hybridized carbons (Fsp3) is 0.231. The Morgan fingerprint density at radius 3 is 2.60 bits per heavy atom. The standard InChI is InChI=1S/C13H14N4O3/c1-8-6-10(4-5-12(8)17(19)20)13(18)15-11-7-14-16(3)9(11)2/h4-7H,1-3H3,(H,15,18). The molecule has 7 heteroatoms. The predicted octanol–water partition coefficient (Wildman–Crippen LogP) is 2.20. The van der Waals surface area contributed by atoms with Crippen molar-refractivity contribution >= 4 is 17.3 Å². The van der Waals surface area contributed by atoms with Gasteiger partial charge in [-0.25, -0.2) is 0 Å². The van der Waals surface area contributed by atoms with E-state index < -0.39 is 4.92 Å². The molecule has 0 saturated heterocycles. The summed E-state index contributed by atoms with van der Waals surface area (Å²) >= 11 is 0. The first kappa shape index (κ1) is 13.7. The lowest BCUT2D eigenvalue weighted by Gasteiger charge is -2.05. The zero-order valence-electron chi connectivity index (χ0n) is 11.4. The zero-order chi connectivity index (χ0) is 14.9. The van der Waals surface area contributed by atoms with Crippen LogP contribution in [-0.4, -0.2) is 20.6 Å². The first-order valence-electron chi connectivity index (χ1n) is 5.95. The summed E-state index contributed by atoms with van der Waals surface area (Å²) in [7, 11) is 1.78. The van der Waals surface area contributed by atoms with Crippen LogP contribution in [0.4, 0.5) is 11.4 Å². The third-order valence-electron chi connectivity index (χ3n) is 3.14. The molecule has 0 radical (unpaired) electrons. The quantitative estimate of drug-likeness (QED) is 0.686. The molecule has 0 aliphatic carbocycles. The Balaban J connectivity index is 2.24. The number of nitrogens with zero attached hydrogens (tertiary/aromatic N) is 3. The number of anilines is 1. The molecule has 1 aromatic carbocycles. The minimum Gasteiger partial charge on any atom is -0.319 e. The molecular weight excluding hydrogens is 260 g/mol. The number of hydrogen-bond donors (Lipinski definition) is 1. The van der Waals surface area contributed by atoms with Gasteiger partial charge in [-0.15, -0.1) is 0 Å². The number of aryl methyl sites for hydroxylation is 2. The van der Waals surface area contributed by atoms with Gasteiger partial charge in [-0.3, -0.25) is 19.6 Å². The van der Waals surface area contributed by atoms with Crippen molar-refractivity contribution in [3.05, 3.63) is 51.3 Å². The lowest BCUT2D eigenvalue weighted by molar-refractivity contribution is -0.385. The molecule has 1 aromatic heterocycles. The van der Waals surface area contributed by atoms with E-state index in [0.29, 0.717) is 16.8 Å². The van der Waals surface area contributed by atoms with Crippen LogP contribution >= 0.6 is 0 Å². The van der Waals surface area contributed by atoms with Crippen molar-refractivity contribution in [1.82, 2.24) is 9.78 Å². The molecule has 0 unspecified atom stereocenters. The summed E-state index contributed by atoms with van der Waals surface area (Å²) in [6.07, 6.45) is 1.56. The third kappa shape index (κ3) is 2.51. The number of nitro groups is 1. The molecular formula is C13H14N4O3. The maximum atomic E-state index is 12.1. The highest BCUT2D eigenvalue weighted by Crippen LogP contribution is 2.20. The van der Waals surface area contributed by atoms with E-state index in [1.54, 1.807) is 24.9 Å². The van der Waals surface area contributed by atoms with Crippen LogP contribution in [0.15, 0.2) is 24.4 Å². The van der Waals surface area contributed by atoms with Crippen LogP contribution in [0.25, 0.3) is 0 Å². The second-order valence-corrected chi connectivity index (χ2v) is 4.48. The lowest BCUT2D eigenvalue weighted by Crippen LogP contribution is -2.13. The Hall–Kier alpha value is -2.70. The molecule has 7 nitrogen and oxygen atoms in total. The molecule has 104 valence electrons. The number of aromatic nitrogens is 2. The highest BCUT2D eigenvalue weighted by atomic mass is 16.6. The SMILES string of the molecule is Cc1cc(C(=O)Nc2cnn(C)c2C)ccc1[N+](=O)[O-]. The largest absolute Gasteiger partial charge is 0.319 e. The summed E-state index contributed by atoms with van der Waals surface area (Å²) in [5, 5.41) is 17.5. The van der Waals surface area contributed by atoms with E-state index in [0.717, 1.165) is 5.69 Å². The summed E-state index contributed by atoms with van der Waals surface area (Å²) in [6, 6.07) is 4.27. The lowest BCUT2D eigenvalue weighted by atomic mass is 10.1. The molecule has 2 rings (SSSR count). The molecule has 0 fully saturated rings. The van der Waals surface area contributed by atoms with Gasteiger partial charge < -0.3 is 5.32 Å². The molecule has 0 atom stereocenters. The summed E-state index contributed by atoms with van der Waals surface area (Å²) in [6.45, 7) is 3.44. The highest BCUT2D eigenvalue weighted by molar-refractivity contribution is 6.04. The summed E-state index contributed by atoms with van der Waals surface area (Å²) < 4.78 is 1.65. The molecule has 1 amide bonds. The number of benzene rings is 1. The van der Waals surface area contributed by atoms with Gasteiger partial charge in [-0.2, -0.15) is 5.10 Å². The topological polar surface area (TPSA) is 90.1 Å². The average molecular weight is 274 g/mol. The third-order valence-corrected chi connectivity index (χ3v) is 3.14. The fourth-order valence-corrected chi connectivity index (χ4v) is 1.82. The van der Waals surface area contributed by atoms with Gasteiger partial charge in [-0.05, 0) is 26.0 Å². The maximum Gasteiger partial charge on any atom is 0.272 e. The molecule has 0 spiro atoms. The van der Waals surface area contributed by atoms with Crippen molar-refractivity contribution in [3.63, 3.8) is 0 Å². The van der Waals surface area contributed by atoms with Gasteiger partial charge in [0.25, 0.3) is 11.6 Å². The van der Waals surface area contributed by atoms with E-state index in [9.17, 15) is 14.9 Å². The summed E-state index contributed by atoms with van der Waals surface area (Å²) in [5.41, 5.74) is 2.27. The Kier molecular flexibility index (Phi) is 3.51. The molecule has 1 heterocycles. The molecule has 2 aromatic rings. The summed E-state index contributed by atoms with van der Waals surface area (Å²) in [4.78, 5) is 22.4. The number of nitro benzene ring substituents is 1. The number of carbonyl (C=O) groups is 1. The number of rotatable bonds is 3. The van der Waals surface area contributed by atoms with Gasteiger partial charge in [0.1, 0.15) is 0 Å². The minimum atomic E-state index is -0.470. The molecule has 0 bridgehead atoms. The monoisotopic (exact) mass is 274 g/mol. The number of carbonyl (C=O) groups excluding carboxylic acids is 1. The molecule has 1 N–H and O–H groups in total. The normalized spacial score (nSPS) is 10.3. The van der Waals surface area contributed by atoms with Crippen molar-refractivity contribution in [2.45, 2.75) is 13.8 Å². The van der Waals surface area contributed by atoms with Gasteiger partial charge in [-0.1, -0.05) is 0 Å². The van der Waals surface area contributed by atoms with E-state index >= 15 is 0 Å². The Morgan fingerprint density at radius 2 is 2.10 bits per heavy atom. The first-order chi connectivity index (χ1) is 9.40. The van der Waals surface area contributed by atoms with E-state index in [4.69, 9.17) is 0 Å². The molecule has 0 aliphatic heterocycles. The van der Waals surface area contributed by atoms with Crippen LogP contribution < -0.4 is 5.32 Å². The Morgan fingerprint density at radius 1 is 1.40 bits per heavy atom. The van der Waals surface area contributed by atoms with E-state index in [1.807, 2.05) is 6.92 Å². The van der Waals surface area contributed by atoms with Crippen molar-refractivity contribution in [2.24, 2.45) is 7.05 Å². The van der Waals surface area contributed by atoms with Gasteiger partial charge in [0.2, 0.25) is 0 Å². The fourth-order valence-electron chi connectivity index (χ4n) is 1.82. The Labute approximate surface area is 115 Å².